The summed E-state index contributed by atoms with van der Waals surface area (Å²) in [5.74, 6) is 0.511. The second-order valence-corrected chi connectivity index (χ2v) is 7.32. The highest BCUT2D eigenvalue weighted by atomic mass is 16.5. The van der Waals surface area contributed by atoms with Crippen molar-refractivity contribution in [1.29, 1.82) is 0 Å². The third-order valence-electron chi connectivity index (χ3n) is 4.88. The molecule has 1 heterocycles. The molecule has 0 bridgehead atoms. The molecule has 7 heteroatoms. The highest BCUT2D eigenvalue weighted by molar-refractivity contribution is 5.71. The maximum Gasteiger partial charge on any atom is 0.320 e. The van der Waals surface area contributed by atoms with E-state index in [1.165, 1.54) is 0 Å². The zero-order valence-corrected chi connectivity index (χ0v) is 17.5. The van der Waals surface area contributed by atoms with Crippen molar-refractivity contribution in [2.75, 3.05) is 66.1 Å². The number of nitrogens with zero attached hydrogens (tertiary/aromatic N) is 3. The summed E-state index contributed by atoms with van der Waals surface area (Å²) >= 11 is 0. The third kappa shape index (κ3) is 8.14. The van der Waals surface area contributed by atoms with Crippen LogP contribution in [0.2, 0.25) is 0 Å². The molecule has 0 spiro atoms. The lowest BCUT2D eigenvalue weighted by Gasteiger charge is -2.34. The van der Waals surface area contributed by atoms with Crippen LogP contribution in [0.3, 0.4) is 0 Å². The van der Waals surface area contributed by atoms with Gasteiger partial charge in [-0.25, -0.2) is 0 Å². The van der Waals surface area contributed by atoms with E-state index in [1.807, 2.05) is 36.2 Å². The summed E-state index contributed by atoms with van der Waals surface area (Å²) < 4.78 is 10.8. The number of esters is 1. The van der Waals surface area contributed by atoms with Crippen molar-refractivity contribution in [1.82, 2.24) is 14.7 Å². The SMILES string of the molecule is CCOC(=O)CN(C)Cc1cccc(OC[C@H](O)CN2CCN(CC)CC2)c1. The average molecular weight is 394 g/mol. The van der Waals surface area contributed by atoms with E-state index in [2.05, 4.69) is 16.7 Å². The van der Waals surface area contributed by atoms with E-state index in [0.717, 1.165) is 44.0 Å². The molecule has 7 nitrogen and oxygen atoms in total. The molecule has 0 unspecified atom stereocenters. The Balaban J connectivity index is 1.73. The molecule has 158 valence electrons. The molecule has 2 rings (SSSR count). The van der Waals surface area contributed by atoms with E-state index < -0.39 is 6.10 Å². The van der Waals surface area contributed by atoms with E-state index in [0.29, 0.717) is 19.7 Å². The molecule has 1 aliphatic rings. The number of aliphatic hydroxyl groups excluding tert-OH is 1. The summed E-state index contributed by atoms with van der Waals surface area (Å²) in [7, 11) is 1.88. The molecule has 1 atom stereocenters. The van der Waals surface area contributed by atoms with Gasteiger partial charge >= 0.3 is 5.97 Å². The van der Waals surface area contributed by atoms with Gasteiger partial charge in [-0.15, -0.1) is 0 Å². The van der Waals surface area contributed by atoms with Gasteiger partial charge in [0.2, 0.25) is 0 Å². The number of hydrogen-bond acceptors (Lipinski definition) is 7. The van der Waals surface area contributed by atoms with Crippen LogP contribution in [0, 0.1) is 0 Å². The second kappa shape index (κ2) is 12.0. The Morgan fingerprint density at radius 3 is 2.61 bits per heavy atom. The van der Waals surface area contributed by atoms with Crippen LogP contribution in [-0.4, -0.2) is 98.0 Å². The molecular weight excluding hydrogens is 358 g/mol. The maximum atomic E-state index is 11.6. The Morgan fingerprint density at radius 1 is 1.21 bits per heavy atom. The number of rotatable bonds is 11. The lowest BCUT2D eigenvalue weighted by molar-refractivity contribution is -0.144. The molecule has 0 radical (unpaired) electrons. The van der Waals surface area contributed by atoms with Gasteiger partial charge in [0, 0.05) is 39.3 Å². The summed E-state index contributed by atoms with van der Waals surface area (Å²) in [4.78, 5) is 18.2. The first-order chi connectivity index (χ1) is 13.5. The first-order valence-corrected chi connectivity index (χ1v) is 10.2. The molecular formula is C21H35N3O4. The van der Waals surface area contributed by atoms with Crippen molar-refractivity contribution in [2.24, 2.45) is 0 Å². The van der Waals surface area contributed by atoms with Crippen LogP contribution >= 0.6 is 0 Å². The summed E-state index contributed by atoms with van der Waals surface area (Å²) in [5.41, 5.74) is 1.05. The Bertz CT molecular complexity index is 591. The molecule has 1 N–H and O–H groups in total. The smallest absolute Gasteiger partial charge is 0.320 e. The Morgan fingerprint density at radius 2 is 1.93 bits per heavy atom. The van der Waals surface area contributed by atoms with Gasteiger partial charge in [0.15, 0.2) is 0 Å². The van der Waals surface area contributed by atoms with Gasteiger partial charge in [0.25, 0.3) is 0 Å². The number of hydrogen-bond donors (Lipinski definition) is 1. The van der Waals surface area contributed by atoms with Gasteiger partial charge in [-0.05, 0) is 38.2 Å². The monoisotopic (exact) mass is 393 g/mol. The number of β-amino-alcohol motifs (C(OH)–C–C–N with tert-alkyl or cyclic N) is 1. The molecule has 1 fully saturated rings. The lowest BCUT2D eigenvalue weighted by atomic mass is 10.2. The second-order valence-electron chi connectivity index (χ2n) is 7.32. The minimum absolute atomic E-state index is 0.222. The lowest BCUT2D eigenvalue weighted by Crippen LogP contribution is -2.49. The van der Waals surface area contributed by atoms with E-state index in [4.69, 9.17) is 9.47 Å². The Labute approximate surface area is 168 Å². The molecule has 0 aliphatic carbocycles. The van der Waals surface area contributed by atoms with E-state index in [-0.39, 0.29) is 19.1 Å². The number of piperazine rings is 1. The first-order valence-electron chi connectivity index (χ1n) is 10.2. The highest BCUT2D eigenvalue weighted by Gasteiger charge is 2.18. The van der Waals surface area contributed by atoms with E-state index >= 15 is 0 Å². The molecule has 0 amide bonds. The largest absolute Gasteiger partial charge is 0.491 e. The minimum atomic E-state index is -0.511. The third-order valence-corrected chi connectivity index (χ3v) is 4.88. The van der Waals surface area contributed by atoms with Crippen molar-refractivity contribution in [2.45, 2.75) is 26.5 Å². The topological polar surface area (TPSA) is 65.5 Å². The van der Waals surface area contributed by atoms with Crippen LogP contribution in [0.25, 0.3) is 0 Å². The fourth-order valence-corrected chi connectivity index (χ4v) is 3.36. The van der Waals surface area contributed by atoms with E-state index in [1.54, 1.807) is 6.92 Å². The van der Waals surface area contributed by atoms with Crippen molar-refractivity contribution in [3.05, 3.63) is 29.8 Å². The van der Waals surface area contributed by atoms with Gasteiger partial charge in [-0.2, -0.15) is 0 Å². The number of aliphatic hydroxyl groups is 1. The van der Waals surface area contributed by atoms with Crippen LogP contribution in [0.4, 0.5) is 0 Å². The Hall–Kier alpha value is -1.67. The predicted molar refractivity (Wildman–Crippen MR) is 109 cm³/mol. The maximum absolute atomic E-state index is 11.6. The predicted octanol–water partition coefficient (Wildman–Crippen LogP) is 1.06. The molecule has 0 saturated carbocycles. The first kappa shape index (κ1) is 22.6. The van der Waals surface area contributed by atoms with Gasteiger partial charge in [-0.3, -0.25) is 14.6 Å². The van der Waals surface area contributed by atoms with Gasteiger partial charge in [-0.1, -0.05) is 19.1 Å². The van der Waals surface area contributed by atoms with Crippen LogP contribution < -0.4 is 4.74 Å². The summed E-state index contributed by atoms with van der Waals surface area (Å²) in [5, 5.41) is 10.3. The van der Waals surface area contributed by atoms with Crippen LogP contribution in [0.5, 0.6) is 5.75 Å². The minimum Gasteiger partial charge on any atom is -0.491 e. The molecule has 1 saturated heterocycles. The summed E-state index contributed by atoms with van der Waals surface area (Å²) in [6, 6.07) is 7.77. The van der Waals surface area contributed by atoms with Crippen LogP contribution in [0.1, 0.15) is 19.4 Å². The molecule has 28 heavy (non-hydrogen) atoms. The fraction of sp³-hybridized carbons (Fsp3) is 0.667. The van der Waals surface area contributed by atoms with Gasteiger partial charge < -0.3 is 19.5 Å². The quantitative estimate of drug-likeness (QED) is 0.564. The molecule has 1 aliphatic heterocycles. The van der Waals surface area contributed by atoms with Crippen molar-refractivity contribution in [3.63, 3.8) is 0 Å². The van der Waals surface area contributed by atoms with Crippen molar-refractivity contribution < 1.29 is 19.4 Å². The molecule has 1 aromatic carbocycles. The molecule has 0 aromatic heterocycles. The zero-order valence-electron chi connectivity index (χ0n) is 17.5. The summed E-state index contributed by atoms with van der Waals surface area (Å²) in [6.07, 6.45) is -0.511. The van der Waals surface area contributed by atoms with Crippen LogP contribution in [0.15, 0.2) is 24.3 Å². The van der Waals surface area contributed by atoms with Crippen molar-refractivity contribution in [3.8, 4) is 5.75 Å². The number of carbonyl (C=O) groups is 1. The number of carbonyl (C=O) groups excluding carboxylic acids is 1. The van der Waals surface area contributed by atoms with E-state index in [9.17, 15) is 9.90 Å². The number of benzene rings is 1. The van der Waals surface area contributed by atoms with Crippen molar-refractivity contribution >= 4 is 5.97 Å². The average Bonchev–Trinajstić information content (AvgIpc) is 2.67. The highest BCUT2D eigenvalue weighted by Crippen LogP contribution is 2.15. The van der Waals surface area contributed by atoms with Gasteiger partial charge in [0.05, 0.1) is 13.2 Å². The summed E-state index contributed by atoms with van der Waals surface area (Å²) in [6.45, 7) is 11.4. The fourth-order valence-electron chi connectivity index (χ4n) is 3.36. The Kier molecular flexibility index (Phi) is 9.70. The molecule has 1 aromatic rings. The number of ether oxygens (including phenoxy) is 2. The van der Waals surface area contributed by atoms with Gasteiger partial charge in [0.1, 0.15) is 18.5 Å². The normalized spacial score (nSPS) is 16.9. The van der Waals surface area contributed by atoms with Crippen LogP contribution in [-0.2, 0) is 16.1 Å². The standard InChI is InChI=1S/C21H35N3O4/c1-4-23-9-11-24(12-10-23)15-19(25)17-28-20-8-6-7-18(13-20)14-22(3)16-21(26)27-5-2/h6-8,13,19,25H,4-5,9-12,14-17H2,1-3H3/t19-/m1/s1. The zero-order chi connectivity index (χ0) is 20.4. The number of likely N-dealkylation sites (N-methyl/N-ethyl adjacent to an activating group) is 2.